The number of benzene rings is 1. The Morgan fingerprint density at radius 3 is 2.84 bits per heavy atom. The van der Waals surface area contributed by atoms with E-state index in [1.807, 2.05) is 30.4 Å². The number of aromatic nitrogens is 1. The molecule has 2 aromatic rings. The second-order valence-corrected chi connectivity index (χ2v) is 4.72. The molecule has 100 valence electrons. The quantitative estimate of drug-likeness (QED) is 0.626. The first-order valence-electron chi connectivity index (χ1n) is 5.76. The van der Waals surface area contributed by atoms with E-state index in [0.717, 1.165) is 16.6 Å². The summed E-state index contributed by atoms with van der Waals surface area (Å²) in [5, 5.41) is 1.55. The molecule has 0 N–H and O–H groups in total. The van der Waals surface area contributed by atoms with Gasteiger partial charge in [-0.1, -0.05) is 23.8 Å². The number of alkyl halides is 1. The van der Waals surface area contributed by atoms with E-state index in [2.05, 4.69) is 0 Å². The van der Waals surface area contributed by atoms with Gasteiger partial charge in [-0.25, -0.2) is 9.36 Å². The molecule has 0 saturated heterocycles. The van der Waals surface area contributed by atoms with E-state index in [-0.39, 0.29) is 0 Å². The first kappa shape index (κ1) is 14.0. The number of rotatable bonds is 3. The van der Waals surface area contributed by atoms with Crippen molar-refractivity contribution in [2.24, 2.45) is 0 Å². The van der Waals surface area contributed by atoms with Crippen LogP contribution in [0.2, 0.25) is 5.02 Å². The van der Waals surface area contributed by atoms with Crippen LogP contribution in [0.3, 0.4) is 0 Å². The summed E-state index contributed by atoms with van der Waals surface area (Å²) in [7, 11) is 1.36. The van der Waals surface area contributed by atoms with Gasteiger partial charge in [0.2, 0.25) is 0 Å². The molecule has 0 amide bonds. The second-order valence-electron chi connectivity index (χ2n) is 3.97. The minimum atomic E-state index is -0.411. The number of hydrogen-bond donors (Lipinski definition) is 0. The lowest BCUT2D eigenvalue weighted by Gasteiger charge is -2.06. The molecule has 1 aromatic heterocycles. The Kier molecular flexibility index (Phi) is 4.51. The summed E-state index contributed by atoms with van der Waals surface area (Å²) in [5.74, 6) is 0.449. The highest BCUT2D eigenvalue weighted by Crippen LogP contribution is 2.24. The van der Waals surface area contributed by atoms with E-state index in [9.17, 15) is 4.79 Å². The van der Waals surface area contributed by atoms with Gasteiger partial charge in [0.15, 0.2) is 0 Å². The van der Waals surface area contributed by atoms with Crippen LogP contribution in [0, 0.1) is 0 Å². The molecule has 5 heteroatoms. The number of carbonyl (C=O) groups is 1. The normalized spacial score (nSPS) is 11.3. The Labute approximate surface area is 121 Å². The highest BCUT2D eigenvalue weighted by molar-refractivity contribution is 6.31. The zero-order chi connectivity index (χ0) is 13.8. The first-order valence-corrected chi connectivity index (χ1v) is 6.67. The molecule has 2 rings (SSSR count). The third-order valence-electron chi connectivity index (χ3n) is 2.78. The van der Waals surface area contributed by atoms with Crippen molar-refractivity contribution in [3.05, 3.63) is 47.1 Å². The molecule has 19 heavy (non-hydrogen) atoms. The van der Waals surface area contributed by atoms with E-state index in [4.69, 9.17) is 27.9 Å². The molecule has 0 fully saturated rings. The lowest BCUT2D eigenvalue weighted by Crippen LogP contribution is -2.13. The van der Waals surface area contributed by atoms with Gasteiger partial charge in [-0.3, -0.25) is 0 Å². The van der Waals surface area contributed by atoms with Crippen LogP contribution in [0.5, 0.6) is 0 Å². The number of ether oxygens (including phenoxy) is 1. The van der Waals surface area contributed by atoms with Crippen LogP contribution in [0.15, 0.2) is 36.4 Å². The van der Waals surface area contributed by atoms with Crippen LogP contribution in [-0.2, 0) is 11.2 Å². The first-order chi connectivity index (χ1) is 9.17. The fraction of sp³-hybridized carbons (Fsp3) is 0.214. The predicted molar refractivity (Wildman–Crippen MR) is 78.3 cm³/mol. The molecule has 3 nitrogen and oxygen atoms in total. The predicted octanol–water partition coefficient (Wildman–Crippen LogP) is 4.25. The Morgan fingerprint density at radius 2 is 2.16 bits per heavy atom. The molecule has 0 aliphatic rings. The average Bonchev–Trinajstić information content (AvgIpc) is 2.75. The Bertz CT molecular complexity index is 632. The lowest BCUT2D eigenvalue weighted by molar-refractivity contribution is 0.173. The highest BCUT2D eigenvalue weighted by Gasteiger charge is 2.14. The van der Waals surface area contributed by atoms with Gasteiger partial charge >= 0.3 is 6.09 Å². The average molecular weight is 298 g/mol. The summed E-state index contributed by atoms with van der Waals surface area (Å²) in [6.45, 7) is 0. The fourth-order valence-electron chi connectivity index (χ4n) is 1.97. The molecule has 0 bridgehead atoms. The van der Waals surface area contributed by atoms with Gasteiger partial charge in [0.05, 0.1) is 12.6 Å². The van der Waals surface area contributed by atoms with Crippen molar-refractivity contribution in [1.82, 2.24) is 4.57 Å². The highest BCUT2D eigenvalue weighted by atomic mass is 35.5. The van der Waals surface area contributed by atoms with Crippen LogP contribution in [0.4, 0.5) is 4.79 Å². The van der Waals surface area contributed by atoms with Gasteiger partial charge in [0.1, 0.15) is 0 Å². The van der Waals surface area contributed by atoms with Crippen molar-refractivity contribution in [2.75, 3.05) is 13.0 Å². The minimum absolute atomic E-state index is 0.411. The van der Waals surface area contributed by atoms with Crippen molar-refractivity contribution in [1.29, 1.82) is 0 Å². The van der Waals surface area contributed by atoms with Gasteiger partial charge in [-0.15, -0.1) is 11.6 Å². The van der Waals surface area contributed by atoms with Crippen molar-refractivity contribution >= 4 is 40.2 Å². The molecule has 0 atom stereocenters. The van der Waals surface area contributed by atoms with Crippen LogP contribution in [0.25, 0.3) is 10.9 Å². The summed E-state index contributed by atoms with van der Waals surface area (Å²) in [6.07, 6.45) is 3.95. The lowest BCUT2D eigenvalue weighted by atomic mass is 10.2. The van der Waals surface area contributed by atoms with Gasteiger partial charge in [0.25, 0.3) is 0 Å². The van der Waals surface area contributed by atoms with Crippen molar-refractivity contribution < 1.29 is 9.53 Å². The van der Waals surface area contributed by atoms with E-state index < -0.39 is 6.09 Å². The third kappa shape index (κ3) is 2.94. The molecule has 1 aromatic carbocycles. The zero-order valence-corrected chi connectivity index (χ0v) is 11.9. The number of nitrogens with zero attached hydrogens (tertiary/aromatic N) is 1. The molecule has 1 heterocycles. The maximum Gasteiger partial charge on any atom is 0.418 e. The summed E-state index contributed by atoms with van der Waals surface area (Å²) in [6, 6.07) is 7.31. The minimum Gasteiger partial charge on any atom is -0.452 e. The van der Waals surface area contributed by atoms with Crippen LogP contribution in [-0.4, -0.2) is 23.7 Å². The summed E-state index contributed by atoms with van der Waals surface area (Å²) < 4.78 is 6.37. The Balaban J connectivity index is 2.54. The topological polar surface area (TPSA) is 31.2 Å². The third-order valence-corrected chi connectivity index (χ3v) is 3.19. The van der Waals surface area contributed by atoms with Gasteiger partial charge in [-0.2, -0.15) is 0 Å². The van der Waals surface area contributed by atoms with Crippen LogP contribution >= 0.6 is 23.2 Å². The summed E-state index contributed by atoms with van der Waals surface area (Å²) >= 11 is 11.6. The largest absolute Gasteiger partial charge is 0.452 e. The molecule has 0 radical (unpaired) electrons. The molecule has 0 aliphatic carbocycles. The smallest absolute Gasteiger partial charge is 0.418 e. The van der Waals surface area contributed by atoms with Gasteiger partial charge in [-0.05, 0) is 24.3 Å². The molecule has 0 saturated carbocycles. The van der Waals surface area contributed by atoms with E-state index >= 15 is 0 Å². The molecule has 0 spiro atoms. The maximum atomic E-state index is 11.9. The zero-order valence-electron chi connectivity index (χ0n) is 10.4. The standard InChI is InChI=1S/C14H13Cl2NO2/c1-19-14(18)17-12(4-2-3-7-15)9-10-8-11(16)5-6-13(10)17/h2-3,5-6,8-9H,4,7H2,1H3/b3-2-. The van der Waals surface area contributed by atoms with Gasteiger partial charge < -0.3 is 4.74 Å². The van der Waals surface area contributed by atoms with Crippen molar-refractivity contribution in [3.63, 3.8) is 0 Å². The van der Waals surface area contributed by atoms with E-state index in [1.54, 1.807) is 10.6 Å². The van der Waals surface area contributed by atoms with Crippen molar-refractivity contribution in [3.8, 4) is 0 Å². The van der Waals surface area contributed by atoms with Crippen LogP contribution < -0.4 is 0 Å². The molecular weight excluding hydrogens is 285 g/mol. The summed E-state index contributed by atoms with van der Waals surface area (Å²) in [5.41, 5.74) is 1.62. The molecule has 0 aliphatic heterocycles. The second kappa shape index (κ2) is 6.13. The number of fused-ring (bicyclic) bond motifs is 1. The summed E-state index contributed by atoms with van der Waals surface area (Å²) in [4.78, 5) is 11.9. The number of carbonyl (C=O) groups excluding carboxylic acids is 1. The van der Waals surface area contributed by atoms with Crippen LogP contribution in [0.1, 0.15) is 5.69 Å². The van der Waals surface area contributed by atoms with Crippen molar-refractivity contribution in [2.45, 2.75) is 6.42 Å². The number of hydrogen-bond acceptors (Lipinski definition) is 2. The van der Waals surface area contributed by atoms with E-state index in [0.29, 0.717) is 17.3 Å². The maximum absolute atomic E-state index is 11.9. The number of allylic oxidation sites excluding steroid dienone is 2. The molecule has 0 unspecified atom stereocenters. The Hall–Kier alpha value is -1.45. The Morgan fingerprint density at radius 1 is 1.37 bits per heavy atom. The number of halogens is 2. The molecular formula is C14H13Cl2NO2. The van der Waals surface area contributed by atoms with E-state index in [1.165, 1.54) is 7.11 Å². The number of methoxy groups -OCH3 is 1. The SMILES string of the molecule is COC(=O)n1c(C/C=C\CCl)cc2cc(Cl)ccc21. The fourth-order valence-corrected chi connectivity index (χ4v) is 2.27. The monoisotopic (exact) mass is 297 g/mol. The van der Waals surface area contributed by atoms with Gasteiger partial charge in [0, 0.05) is 28.4 Å².